The normalized spacial score (nSPS) is 20.2. The summed E-state index contributed by atoms with van der Waals surface area (Å²) in [5.41, 5.74) is 1.25. The smallest absolute Gasteiger partial charge is 0.222 e. The summed E-state index contributed by atoms with van der Waals surface area (Å²) in [4.78, 5) is 19.4. The molecule has 0 spiro atoms. The third kappa shape index (κ3) is 5.30. The van der Waals surface area contributed by atoms with Crippen LogP contribution in [0.3, 0.4) is 0 Å². The number of carbonyl (C=O) groups is 1. The molecule has 2 heterocycles. The van der Waals surface area contributed by atoms with E-state index >= 15 is 0 Å². The number of aryl methyl sites for hydroxylation is 1. The van der Waals surface area contributed by atoms with Gasteiger partial charge >= 0.3 is 0 Å². The van der Waals surface area contributed by atoms with Gasteiger partial charge in [-0.1, -0.05) is 30.3 Å². The number of hydrogen-bond donors (Lipinski definition) is 0. The molecule has 132 valence electrons. The second-order valence-corrected chi connectivity index (χ2v) is 6.66. The third-order valence-electron chi connectivity index (χ3n) is 5.03. The highest BCUT2D eigenvalue weighted by Gasteiger charge is 2.21. The number of carbonyl (C=O) groups excluding carboxylic acids is 1. The zero-order valence-electron chi connectivity index (χ0n) is 14.5. The molecule has 0 N–H and O–H groups in total. The number of piperazine rings is 1. The highest BCUT2D eigenvalue weighted by molar-refractivity contribution is 5.76. The Morgan fingerprint density at radius 2 is 1.50 bits per heavy atom. The van der Waals surface area contributed by atoms with Crippen molar-refractivity contribution in [2.24, 2.45) is 0 Å². The molecule has 0 aromatic heterocycles. The van der Waals surface area contributed by atoms with Gasteiger partial charge in [0.05, 0.1) is 13.2 Å². The van der Waals surface area contributed by atoms with Crippen molar-refractivity contribution in [3.05, 3.63) is 35.9 Å². The van der Waals surface area contributed by atoms with E-state index in [0.717, 1.165) is 72.0 Å². The fraction of sp³-hybridized carbons (Fsp3) is 0.632. The maximum absolute atomic E-state index is 12.4. The van der Waals surface area contributed by atoms with Gasteiger partial charge in [0, 0.05) is 58.8 Å². The van der Waals surface area contributed by atoms with E-state index in [4.69, 9.17) is 4.74 Å². The first-order valence-electron chi connectivity index (χ1n) is 9.15. The van der Waals surface area contributed by atoms with E-state index in [0.29, 0.717) is 12.3 Å². The molecule has 0 radical (unpaired) electrons. The predicted octanol–water partition coefficient (Wildman–Crippen LogP) is 1.10. The van der Waals surface area contributed by atoms with Crippen LogP contribution >= 0.6 is 0 Å². The monoisotopic (exact) mass is 331 g/mol. The minimum Gasteiger partial charge on any atom is -0.379 e. The predicted molar refractivity (Wildman–Crippen MR) is 95.0 cm³/mol. The van der Waals surface area contributed by atoms with E-state index in [2.05, 4.69) is 21.9 Å². The fourth-order valence-electron chi connectivity index (χ4n) is 3.38. The maximum Gasteiger partial charge on any atom is 0.222 e. The Hall–Kier alpha value is -1.43. The van der Waals surface area contributed by atoms with E-state index < -0.39 is 0 Å². The number of rotatable bonds is 6. The van der Waals surface area contributed by atoms with Crippen molar-refractivity contribution in [1.29, 1.82) is 0 Å². The molecular weight excluding hydrogens is 302 g/mol. The first kappa shape index (κ1) is 17.4. The summed E-state index contributed by atoms with van der Waals surface area (Å²) in [6, 6.07) is 10.3. The van der Waals surface area contributed by atoms with Crippen LogP contribution in [0.25, 0.3) is 0 Å². The highest BCUT2D eigenvalue weighted by Crippen LogP contribution is 2.08. The van der Waals surface area contributed by atoms with Gasteiger partial charge in [0.25, 0.3) is 0 Å². The summed E-state index contributed by atoms with van der Waals surface area (Å²) >= 11 is 0. The quantitative estimate of drug-likeness (QED) is 0.782. The first-order chi connectivity index (χ1) is 11.8. The maximum atomic E-state index is 12.4. The Morgan fingerprint density at radius 3 is 2.17 bits per heavy atom. The van der Waals surface area contributed by atoms with E-state index in [1.807, 2.05) is 23.1 Å². The lowest BCUT2D eigenvalue weighted by molar-refractivity contribution is -0.132. The Kier molecular flexibility index (Phi) is 6.64. The Balaban J connectivity index is 1.33. The molecule has 5 heteroatoms. The molecule has 0 saturated carbocycles. The Labute approximate surface area is 145 Å². The summed E-state index contributed by atoms with van der Waals surface area (Å²) < 4.78 is 5.39. The van der Waals surface area contributed by atoms with Crippen LogP contribution in [0.1, 0.15) is 12.0 Å². The SMILES string of the molecule is O=C(CCc1ccccc1)N1CCN(CCN2CCOCC2)CC1. The van der Waals surface area contributed by atoms with E-state index in [9.17, 15) is 4.79 Å². The van der Waals surface area contributed by atoms with Crippen LogP contribution in [-0.2, 0) is 16.0 Å². The van der Waals surface area contributed by atoms with Crippen LogP contribution in [0, 0.1) is 0 Å². The molecule has 2 aliphatic heterocycles. The zero-order chi connectivity index (χ0) is 16.6. The largest absolute Gasteiger partial charge is 0.379 e. The van der Waals surface area contributed by atoms with Crippen molar-refractivity contribution in [3.63, 3.8) is 0 Å². The third-order valence-corrected chi connectivity index (χ3v) is 5.03. The molecule has 2 aliphatic rings. The molecule has 2 fully saturated rings. The van der Waals surface area contributed by atoms with Gasteiger partial charge in [-0.05, 0) is 12.0 Å². The van der Waals surface area contributed by atoms with Crippen molar-refractivity contribution in [1.82, 2.24) is 14.7 Å². The van der Waals surface area contributed by atoms with Gasteiger partial charge in [0.2, 0.25) is 5.91 Å². The van der Waals surface area contributed by atoms with Crippen molar-refractivity contribution >= 4 is 5.91 Å². The summed E-state index contributed by atoms with van der Waals surface area (Å²) in [6.07, 6.45) is 1.47. The Bertz CT molecular complexity index is 495. The van der Waals surface area contributed by atoms with Crippen molar-refractivity contribution in [2.45, 2.75) is 12.8 Å². The average molecular weight is 331 g/mol. The lowest BCUT2D eigenvalue weighted by atomic mass is 10.1. The van der Waals surface area contributed by atoms with E-state index in [-0.39, 0.29) is 0 Å². The summed E-state index contributed by atoms with van der Waals surface area (Å²) in [7, 11) is 0. The molecule has 1 aromatic rings. The number of hydrogen-bond acceptors (Lipinski definition) is 4. The van der Waals surface area contributed by atoms with Gasteiger partial charge in [-0.2, -0.15) is 0 Å². The lowest BCUT2D eigenvalue weighted by Gasteiger charge is -2.36. The van der Waals surface area contributed by atoms with Gasteiger partial charge in [0.15, 0.2) is 0 Å². The molecule has 3 rings (SSSR count). The van der Waals surface area contributed by atoms with Crippen LogP contribution in [0.15, 0.2) is 30.3 Å². The number of nitrogens with zero attached hydrogens (tertiary/aromatic N) is 3. The molecule has 2 saturated heterocycles. The highest BCUT2D eigenvalue weighted by atomic mass is 16.5. The molecule has 0 bridgehead atoms. The standard InChI is InChI=1S/C19H29N3O2/c23-19(7-6-18-4-2-1-3-5-18)22-12-10-20(11-13-22)8-9-21-14-16-24-17-15-21/h1-5H,6-17H2. The summed E-state index contributed by atoms with van der Waals surface area (Å²) in [6.45, 7) is 9.80. The van der Waals surface area contributed by atoms with Crippen molar-refractivity contribution in [2.75, 3.05) is 65.6 Å². The number of benzene rings is 1. The van der Waals surface area contributed by atoms with Gasteiger partial charge in [-0.15, -0.1) is 0 Å². The molecule has 0 aliphatic carbocycles. The van der Waals surface area contributed by atoms with Crippen LogP contribution < -0.4 is 0 Å². The number of amides is 1. The van der Waals surface area contributed by atoms with Gasteiger partial charge in [0.1, 0.15) is 0 Å². The van der Waals surface area contributed by atoms with Gasteiger partial charge in [-0.25, -0.2) is 0 Å². The van der Waals surface area contributed by atoms with E-state index in [1.165, 1.54) is 5.56 Å². The molecule has 0 unspecified atom stereocenters. The minimum absolute atomic E-state index is 0.298. The molecule has 5 nitrogen and oxygen atoms in total. The second-order valence-electron chi connectivity index (χ2n) is 6.66. The second kappa shape index (κ2) is 9.16. The van der Waals surface area contributed by atoms with Crippen molar-refractivity contribution < 1.29 is 9.53 Å². The van der Waals surface area contributed by atoms with Crippen LogP contribution in [0.5, 0.6) is 0 Å². The van der Waals surface area contributed by atoms with Crippen molar-refractivity contribution in [3.8, 4) is 0 Å². The zero-order valence-corrected chi connectivity index (χ0v) is 14.5. The topological polar surface area (TPSA) is 36.0 Å². The summed E-state index contributed by atoms with van der Waals surface area (Å²) in [5.74, 6) is 0.298. The molecular formula is C19H29N3O2. The van der Waals surface area contributed by atoms with Gasteiger partial charge in [-0.3, -0.25) is 14.6 Å². The summed E-state index contributed by atoms with van der Waals surface area (Å²) in [5, 5.41) is 0. The number of ether oxygens (including phenoxy) is 1. The number of morpholine rings is 1. The lowest BCUT2D eigenvalue weighted by Crippen LogP contribution is -2.51. The molecule has 1 amide bonds. The van der Waals surface area contributed by atoms with Crippen LogP contribution in [0.4, 0.5) is 0 Å². The van der Waals surface area contributed by atoms with Crippen LogP contribution in [-0.4, -0.2) is 86.2 Å². The molecule has 24 heavy (non-hydrogen) atoms. The Morgan fingerprint density at radius 1 is 0.875 bits per heavy atom. The van der Waals surface area contributed by atoms with Gasteiger partial charge < -0.3 is 9.64 Å². The first-order valence-corrected chi connectivity index (χ1v) is 9.15. The minimum atomic E-state index is 0.298. The molecule has 0 atom stereocenters. The van der Waals surface area contributed by atoms with E-state index in [1.54, 1.807) is 0 Å². The molecule has 1 aromatic carbocycles. The fourth-order valence-corrected chi connectivity index (χ4v) is 3.38. The van der Waals surface area contributed by atoms with Crippen LogP contribution in [0.2, 0.25) is 0 Å². The average Bonchev–Trinajstić information content (AvgIpc) is 2.66.